The quantitative estimate of drug-likeness (QED) is 0.798. The van der Waals surface area contributed by atoms with Gasteiger partial charge < -0.3 is 9.30 Å². The molecule has 1 fully saturated rings. The summed E-state index contributed by atoms with van der Waals surface area (Å²) in [5, 5.41) is 0. The van der Waals surface area contributed by atoms with E-state index in [-0.39, 0.29) is 0 Å². The van der Waals surface area contributed by atoms with Crippen molar-refractivity contribution in [3.05, 3.63) is 29.6 Å². The number of benzene rings is 1. The number of alkyl halides is 1. The van der Waals surface area contributed by atoms with Crippen LogP contribution in [0.2, 0.25) is 0 Å². The van der Waals surface area contributed by atoms with E-state index in [1.807, 2.05) is 0 Å². The van der Waals surface area contributed by atoms with Crippen LogP contribution in [0.5, 0.6) is 0 Å². The van der Waals surface area contributed by atoms with Crippen molar-refractivity contribution < 1.29 is 4.74 Å². The van der Waals surface area contributed by atoms with E-state index in [4.69, 9.17) is 16.3 Å². The summed E-state index contributed by atoms with van der Waals surface area (Å²) in [6.45, 7) is 3.94. The lowest BCUT2D eigenvalue weighted by Gasteiger charge is -2.12. The number of hydrogen-bond acceptors (Lipinski definition) is 2. The fourth-order valence-electron chi connectivity index (χ4n) is 2.79. The minimum absolute atomic E-state index is 0.408. The number of aryl methyl sites for hydroxylation is 2. The summed E-state index contributed by atoms with van der Waals surface area (Å²) in [6.07, 6.45) is 3.83. The molecule has 4 heteroatoms. The summed E-state index contributed by atoms with van der Waals surface area (Å²) in [5.41, 5.74) is 3.46. The van der Waals surface area contributed by atoms with Crippen molar-refractivity contribution >= 4 is 22.6 Å². The normalized spacial score (nSPS) is 19.4. The van der Waals surface area contributed by atoms with E-state index in [0.29, 0.717) is 12.0 Å². The van der Waals surface area contributed by atoms with Crippen molar-refractivity contribution in [1.29, 1.82) is 0 Å². The van der Waals surface area contributed by atoms with E-state index in [2.05, 4.69) is 34.7 Å². The summed E-state index contributed by atoms with van der Waals surface area (Å²) in [6, 6.07) is 6.39. The van der Waals surface area contributed by atoms with E-state index in [1.165, 1.54) is 23.9 Å². The maximum atomic E-state index is 6.02. The first-order valence-electron chi connectivity index (χ1n) is 6.91. The fourth-order valence-corrected chi connectivity index (χ4v) is 2.99. The molecule has 2 heterocycles. The molecule has 1 aromatic carbocycles. The van der Waals surface area contributed by atoms with E-state index < -0.39 is 0 Å². The Balaban J connectivity index is 1.87. The van der Waals surface area contributed by atoms with Crippen LogP contribution in [0, 0.1) is 6.92 Å². The number of hydrogen-bond donors (Lipinski definition) is 0. The van der Waals surface area contributed by atoms with Gasteiger partial charge >= 0.3 is 0 Å². The van der Waals surface area contributed by atoms with Gasteiger partial charge in [-0.05, 0) is 43.9 Å². The second kappa shape index (κ2) is 5.51. The molecule has 0 spiro atoms. The number of ether oxygens (including phenoxy) is 1. The van der Waals surface area contributed by atoms with Gasteiger partial charge in [-0.25, -0.2) is 4.98 Å². The molecule has 3 rings (SSSR count). The molecule has 0 bridgehead atoms. The summed E-state index contributed by atoms with van der Waals surface area (Å²) in [7, 11) is 0. The summed E-state index contributed by atoms with van der Waals surface area (Å²) >= 11 is 6.02. The predicted octanol–water partition coefficient (Wildman–Crippen LogP) is 3.65. The van der Waals surface area contributed by atoms with Gasteiger partial charge in [0.2, 0.25) is 0 Å². The number of fused-ring (bicyclic) bond motifs is 1. The van der Waals surface area contributed by atoms with Crippen molar-refractivity contribution in [3.63, 3.8) is 0 Å². The van der Waals surface area contributed by atoms with Gasteiger partial charge in [0.15, 0.2) is 0 Å². The zero-order valence-electron chi connectivity index (χ0n) is 11.2. The molecule has 1 saturated heterocycles. The van der Waals surface area contributed by atoms with Gasteiger partial charge in [-0.15, -0.1) is 11.6 Å². The highest BCUT2D eigenvalue weighted by Crippen LogP contribution is 2.22. The van der Waals surface area contributed by atoms with Crippen molar-refractivity contribution in [2.75, 3.05) is 6.61 Å². The predicted molar refractivity (Wildman–Crippen MR) is 77.6 cm³/mol. The third-order valence-electron chi connectivity index (χ3n) is 3.80. The summed E-state index contributed by atoms with van der Waals surface area (Å²) < 4.78 is 7.93. The number of nitrogens with zero attached hydrogens (tertiary/aromatic N) is 2. The van der Waals surface area contributed by atoms with Crippen LogP contribution in [-0.2, 0) is 17.2 Å². The lowest BCUT2D eigenvalue weighted by atomic mass is 10.2. The second-order valence-corrected chi connectivity index (χ2v) is 5.50. The Hall–Kier alpha value is -1.06. The first kappa shape index (κ1) is 12.9. The Bertz CT molecular complexity index is 573. The number of imidazole rings is 1. The smallest absolute Gasteiger partial charge is 0.124 e. The van der Waals surface area contributed by atoms with Gasteiger partial charge in [0.05, 0.1) is 23.0 Å². The van der Waals surface area contributed by atoms with Crippen molar-refractivity contribution in [2.24, 2.45) is 0 Å². The zero-order chi connectivity index (χ0) is 13.2. The molecular weight excluding hydrogens is 260 g/mol. The summed E-state index contributed by atoms with van der Waals surface area (Å²) in [5.74, 6) is 1.42. The lowest BCUT2D eigenvalue weighted by Crippen LogP contribution is -2.11. The Morgan fingerprint density at radius 3 is 3.11 bits per heavy atom. The molecule has 0 radical (unpaired) electrons. The third-order valence-corrected chi connectivity index (χ3v) is 4.04. The van der Waals surface area contributed by atoms with Gasteiger partial charge in [-0.1, -0.05) is 6.07 Å². The Kier molecular flexibility index (Phi) is 3.76. The van der Waals surface area contributed by atoms with Crippen molar-refractivity contribution in [1.82, 2.24) is 9.55 Å². The molecule has 102 valence electrons. The minimum atomic E-state index is 0.408. The molecule has 1 unspecified atom stereocenters. The largest absolute Gasteiger partial charge is 0.378 e. The molecule has 3 nitrogen and oxygen atoms in total. The molecular formula is C15H19ClN2O. The van der Waals surface area contributed by atoms with Gasteiger partial charge in [0.25, 0.3) is 0 Å². The molecule has 0 saturated carbocycles. The van der Waals surface area contributed by atoms with Crippen molar-refractivity contribution in [2.45, 2.75) is 44.7 Å². The second-order valence-electron chi connectivity index (χ2n) is 5.23. The maximum Gasteiger partial charge on any atom is 0.124 e. The van der Waals surface area contributed by atoms with Crippen LogP contribution in [-0.4, -0.2) is 22.3 Å². The Morgan fingerprint density at radius 1 is 1.47 bits per heavy atom. The molecule has 19 heavy (non-hydrogen) atoms. The highest BCUT2D eigenvalue weighted by atomic mass is 35.5. The van der Waals surface area contributed by atoms with Crippen LogP contribution in [0.1, 0.15) is 30.7 Å². The van der Waals surface area contributed by atoms with E-state index >= 15 is 0 Å². The van der Waals surface area contributed by atoms with Crippen LogP contribution in [0.4, 0.5) is 0 Å². The SMILES string of the molecule is Cc1ccc2c(c1)nc(CCl)n2CCC1CCCO1. The van der Waals surface area contributed by atoms with E-state index in [1.54, 1.807) is 0 Å². The first-order valence-corrected chi connectivity index (χ1v) is 7.44. The van der Waals surface area contributed by atoms with Gasteiger partial charge in [-0.3, -0.25) is 0 Å². The average Bonchev–Trinajstić information content (AvgIpc) is 3.02. The number of rotatable bonds is 4. The number of aromatic nitrogens is 2. The maximum absolute atomic E-state index is 6.02. The third kappa shape index (κ3) is 2.63. The first-order chi connectivity index (χ1) is 9.28. The monoisotopic (exact) mass is 278 g/mol. The molecule has 1 atom stereocenters. The Labute approximate surface area is 118 Å². The standard InChI is InChI=1S/C15H19ClN2O/c1-11-4-5-14-13(9-11)17-15(10-16)18(14)7-6-12-3-2-8-19-12/h4-5,9,12H,2-3,6-8,10H2,1H3. The lowest BCUT2D eigenvalue weighted by molar-refractivity contribution is 0.100. The highest BCUT2D eigenvalue weighted by molar-refractivity contribution is 6.16. The van der Waals surface area contributed by atoms with Crippen molar-refractivity contribution in [3.8, 4) is 0 Å². The average molecular weight is 279 g/mol. The Morgan fingerprint density at radius 2 is 2.37 bits per heavy atom. The van der Waals surface area contributed by atoms with E-state index in [0.717, 1.165) is 30.9 Å². The fraction of sp³-hybridized carbons (Fsp3) is 0.533. The molecule has 2 aromatic rings. The van der Waals surface area contributed by atoms with Crippen LogP contribution in [0.25, 0.3) is 11.0 Å². The van der Waals surface area contributed by atoms with Crippen LogP contribution in [0.3, 0.4) is 0 Å². The van der Waals surface area contributed by atoms with E-state index in [9.17, 15) is 0 Å². The van der Waals surface area contributed by atoms with Gasteiger partial charge in [0, 0.05) is 13.2 Å². The molecule has 0 aliphatic carbocycles. The molecule has 1 aliphatic rings. The molecule has 1 aliphatic heterocycles. The highest BCUT2D eigenvalue weighted by Gasteiger charge is 2.17. The van der Waals surface area contributed by atoms with Crippen LogP contribution < -0.4 is 0 Å². The van der Waals surface area contributed by atoms with Gasteiger partial charge in [0.1, 0.15) is 5.82 Å². The minimum Gasteiger partial charge on any atom is -0.378 e. The number of halogens is 1. The van der Waals surface area contributed by atoms with Gasteiger partial charge in [-0.2, -0.15) is 0 Å². The molecule has 0 N–H and O–H groups in total. The molecule has 1 aromatic heterocycles. The topological polar surface area (TPSA) is 27.1 Å². The zero-order valence-corrected chi connectivity index (χ0v) is 12.0. The molecule has 0 amide bonds. The summed E-state index contributed by atoms with van der Waals surface area (Å²) in [4.78, 5) is 4.63. The van der Waals surface area contributed by atoms with Crippen LogP contribution >= 0.6 is 11.6 Å². The van der Waals surface area contributed by atoms with Crippen LogP contribution in [0.15, 0.2) is 18.2 Å².